The third kappa shape index (κ3) is 16.6. The average Bonchev–Trinajstić information content (AvgIpc) is 3.00. The Morgan fingerprint density at radius 2 is 1.25 bits per heavy atom. The molecule has 0 aliphatic rings. The lowest BCUT2D eigenvalue weighted by Crippen LogP contribution is -2.15. The zero-order chi connectivity index (χ0) is 31.9. The topological polar surface area (TPSA) is 102 Å². The Morgan fingerprint density at radius 1 is 0.682 bits per heavy atom. The van der Waals surface area contributed by atoms with Crippen molar-refractivity contribution < 1.29 is 51.2 Å². The summed E-state index contributed by atoms with van der Waals surface area (Å²) in [5.41, 5.74) is -0.0906. The van der Waals surface area contributed by atoms with Crippen molar-refractivity contribution in [1.82, 2.24) is 0 Å². The molecule has 0 saturated heterocycles. The standard InChI is InChI=1S/C32H44F3NO8/c1-2-3-4-5-6-14-30(37)43-23-21-41-19-17-39-15-16-40-18-20-42-22-24-44-31(38)28-12-7-8-13-29(28)36-27-11-9-10-26(25-27)32(33,34)35/h7-13,25,36H,2-6,14-24H2,1H3. The maximum atomic E-state index is 13.0. The molecule has 44 heavy (non-hydrogen) atoms. The largest absolute Gasteiger partial charge is 0.463 e. The molecule has 0 aliphatic carbocycles. The van der Waals surface area contributed by atoms with Gasteiger partial charge in [-0.1, -0.05) is 50.8 Å². The molecule has 2 aromatic rings. The second-order valence-corrected chi connectivity index (χ2v) is 9.72. The summed E-state index contributed by atoms with van der Waals surface area (Å²) in [6, 6.07) is 11.1. The molecule has 1 N–H and O–H groups in total. The van der Waals surface area contributed by atoms with E-state index in [0.29, 0.717) is 58.4 Å². The molecule has 0 fully saturated rings. The van der Waals surface area contributed by atoms with E-state index in [1.54, 1.807) is 18.2 Å². The van der Waals surface area contributed by atoms with Crippen LogP contribution in [0.4, 0.5) is 24.5 Å². The lowest BCUT2D eigenvalue weighted by Gasteiger charge is -2.13. The zero-order valence-electron chi connectivity index (χ0n) is 25.3. The van der Waals surface area contributed by atoms with E-state index in [2.05, 4.69) is 12.2 Å². The van der Waals surface area contributed by atoms with Crippen molar-refractivity contribution in [3.05, 3.63) is 59.7 Å². The third-order valence-electron chi connectivity index (χ3n) is 6.17. The Hall–Kier alpha value is -3.19. The zero-order valence-corrected chi connectivity index (χ0v) is 25.3. The van der Waals surface area contributed by atoms with Crippen LogP contribution >= 0.6 is 0 Å². The molecule has 0 spiro atoms. The fourth-order valence-corrected chi connectivity index (χ4v) is 3.89. The molecule has 0 bridgehead atoms. The van der Waals surface area contributed by atoms with Gasteiger partial charge in [0.05, 0.1) is 69.7 Å². The summed E-state index contributed by atoms with van der Waals surface area (Å²) in [4.78, 5) is 24.2. The molecular weight excluding hydrogens is 583 g/mol. The van der Waals surface area contributed by atoms with E-state index in [4.69, 9.17) is 28.4 Å². The van der Waals surface area contributed by atoms with Gasteiger partial charge >= 0.3 is 18.1 Å². The van der Waals surface area contributed by atoms with E-state index in [1.807, 2.05) is 0 Å². The molecular formula is C32H44F3NO8. The van der Waals surface area contributed by atoms with Gasteiger partial charge in [-0.2, -0.15) is 13.2 Å². The van der Waals surface area contributed by atoms with Crippen molar-refractivity contribution in [2.24, 2.45) is 0 Å². The van der Waals surface area contributed by atoms with E-state index in [1.165, 1.54) is 31.0 Å². The lowest BCUT2D eigenvalue weighted by atomic mass is 10.1. The van der Waals surface area contributed by atoms with Crippen molar-refractivity contribution in [3.63, 3.8) is 0 Å². The number of halogens is 3. The number of hydrogen-bond donors (Lipinski definition) is 1. The molecule has 2 aromatic carbocycles. The van der Waals surface area contributed by atoms with E-state index in [9.17, 15) is 22.8 Å². The number of rotatable bonds is 24. The fraction of sp³-hybridized carbons (Fsp3) is 0.562. The first kappa shape index (κ1) is 37.0. The summed E-state index contributed by atoms with van der Waals surface area (Å²) in [6.07, 6.45) is 1.43. The highest BCUT2D eigenvalue weighted by Crippen LogP contribution is 2.32. The van der Waals surface area contributed by atoms with Crippen LogP contribution in [0.1, 0.15) is 61.4 Å². The second-order valence-electron chi connectivity index (χ2n) is 9.72. The number of alkyl halides is 3. The number of nitrogens with one attached hydrogen (secondary N) is 1. The van der Waals surface area contributed by atoms with Crippen LogP contribution in [0.25, 0.3) is 0 Å². The first-order valence-electron chi connectivity index (χ1n) is 15.0. The van der Waals surface area contributed by atoms with Crippen LogP contribution in [0.2, 0.25) is 0 Å². The van der Waals surface area contributed by atoms with Gasteiger partial charge < -0.3 is 33.7 Å². The summed E-state index contributed by atoms with van der Waals surface area (Å²) in [5, 5.41) is 2.85. The Bertz CT molecular complexity index is 1080. The second kappa shape index (κ2) is 22.3. The summed E-state index contributed by atoms with van der Waals surface area (Å²) >= 11 is 0. The Morgan fingerprint density at radius 3 is 1.86 bits per heavy atom. The number of carbonyl (C=O) groups excluding carboxylic acids is 2. The lowest BCUT2D eigenvalue weighted by molar-refractivity contribution is -0.145. The van der Waals surface area contributed by atoms with Gasteiger partial charge in [0, 0.05) is 12.1 Å². The molecule has 0 atom stereocenters. The number of ether oxygens (including phenoxy) is 6. The highest BCUT2D eigenvalue weighted by atomic mass is 19.4. The number of para-hydroxylation sites is 1. The van der Waals surface area contributed by atoms with Crippen LogP contribution in [0.5, 0.6) is 0 Å². The van der Waals surface area contributed by atoms with Crippen LogP contribution in [0, 0.1) is 0 Å². The Kier molecular flexibility index (Phi) is 18.8. The van der Waals surface area contributed by atoms with E-state index in [0.717, 1.165) is 31.4 Å². The number of esters is 2. The molecule has 0 aliphatic heterocycles. The molecule has 246 valence electrons. The van der Waals surface area contributed by atoms with Gasteiger partial charge in [0.25, 0.3) is 0 Å². The van der Waals surface area contributed by atoms with Crippen molar-refractivity contribution >= 4 is 23.3 Å². The van der Waals surface area contributed by atoms with Crippen molar-refractivity contribution in [2.45, 2.75) is 51.6 Å². The smallest absolute Gasteiger partial charge is 0.416 e. The quantitative estimate of drug-likeness (QED) is 0.102. The number of anilines is 2. The SMILES string of the molecule is CCCCCCCC(=O)OCCOCCOCCOCCOCCOC(=O)c1ccccc1Nc1cccc(C(F)(F)F)c1. The first-order valence-corrected chi connectivity index (χ1v) is 15.0. The van der Waals surface area contributed by atoms with Gasteiger partial charge in [-0.3, -0.25) is 4.79 Å². The molecule has 12 heteroatoms. The molecule has 2 rings (SSSR count). The fourth-order valence-electron chi connectivity index (χ4n) is 3.89. The highest BCUT2D eigenvalue weighted by molar-refractivity contribution is 5.96. The first-order chi connectivity index (χ1) is 21.3. The summed E-state index contributed by atoms with van der Waals surface area (Å²) < 4.78 is 71.0. The third-order valence-corrected chi connectivity index (χ3v) is 6.17. The van der Waals surface area contributed by atoms with Crippen LogP contribution in [0.15, 0.2) is 48.5 Å². The maximum absolute atomic E-state index is 13.0. The normalized spacial score (nSPS) is 11.4. The van der Waals surface area contributed by atoms with Crippen molar-refractivity contribution in [2.75, 3.05) is 71.4 Å². The van der Waals surface area contributed by atoms with Crippen molar-refractivity contribution in [1.29, 1.82) is 0 Å². The summed E-state index contributed by atoms with van der Waals surface area (Å²) in [5.74, 6) is -0.812. The van der Waals surface area contributed by atoms with Crippen LogP contribution in [-0.4, -0.2) is 78.0 Å². The Balaban J connectivity index is 1.45. The van der Waals surface area contributed by atoms with Gasteiger partial charge in [0.2, 0.25) is 0 Å². The van der Waals surface area contributed by atoms with Gasteiger partial charge in [-0.05, 0) is 36.8 Å². The molecule has 0 aromatic heterocycles. The monoisotopic (exact) mass is 627 g/mol. The van der Waals surface area contributed by atoms with Gasteiger partial charge in [0.1, 0.15) is 13.2 Å². The average molecular weight is 628 g/mol. The van der Waals surface area contributed by atoms with E-state index >= 15 is 0 Å². The molecule has 9 nitrogen and oxygen atoms in total. The molecule has 0 heterocycles. The molecule has 0 radical (unpaired) electrons. The predicted octanol–water partition coefficient (Wildman–Crippen LogP) is 6.58. The predicted molar refractivity (Wildman–Crippen MR) is 159 cm³/mol. The van der Waals surface area contributed by atoms with E-state index < -0.39 is 17.7 Å². The molecule has 0 amide bonds. The number of benzene rings is 2. The maximum Gasteiger partial charge on any atom is 0.416 e. The van der Waals surface area contributed by atoms with Crippen molar-refractivity contribution in [3.8, 4) is 0 Å². The summed E-state index contributed by atoms with van der Waals surface area (Å²) in [7, 11) is 0. The minimum atomic E-state index is -4.47. The van der Waals surface area contributed by atoms with Crippen LogP contribution in [0.3, 0.4) is 0 Å². The van der Waals surface area contributed by atoms with Gasteiger partial charge in [-0.15, -0.1) is 0 Å². The van der Waals surface area contributed by atoms with Crippen LogP contribution < -0.4 is 5.32 Å². The minimum Gasteiger partial charge on any atom is -0.463 e. The molecule has 0 saturated carbocycles. The van der Waals surface area contributed by atoms with Crippen LogP contribution in [-0.2, 0) is 39.4 Å². The Labute approximate surface area is 257 Å². The molecule has 0 unspecified atom stereocenters. The number of hydrogen-bond acceptors (Lipinski definition) is 9. The number of unbranched alkanes of at least 4 members (excludes halogenated alkanes) is 4. The summed E-state index contributed by atoms with van der Waals surface area (Å²) in [6.45, 7) is 5.07. The number of carbonyl (C=O) groups is 2. The van der Waals surface area contributed by atoms with E-state index in [-0.39, 0.29) is 37.0 Å². The highest BCUT2D eigenvalue weighted by Gasteiger charge is 2.30. The van der Waals surface area contributed by atoms with Gasteiger partial charge in [0.15, 0.2) is 0 Å². The minimum absolute atomic E-state index is 0.00190. The van der Waals surface area contributed by atoms with Gasteiger partial charge in [-0.25, -0.2) is 4.79 Å².